The fourth-order valence-corrected chi connectivity index (χ4v) is 1.12. The van der Waals surface area contributed by atoms with Gasteiger partial charge in [0.25, 0.3) is 0 Å². The molecule has 0 aliphatic heterocycles. The average Bonchev–Trinajstić information content (AvgIpc) is 1.82. The number of aliphatic carboxylic acids is 1. The summed E-state index contributed by atoms with van der Waals surface area (Å²) in [5, 5.41) is 19.4. The maximum absolute atomic E-state index is 10.4. The van der Waals surface area contributed by atoms with Crippen LogP contribution in [0, 0.1) is 0 Å². The van der Waals surface area contributed by atoms with Gasteiger partial charge in [-0.2, -0.15) is 0 Å². The molecule has 0 bridgehead atoms. The third-order valence-corrected chi connectivity index (χ3v) is 1.86. The van der Waals surface area contributed by atoms with Crippen molar-refractivity contribution >= 4 is 13.6 Å². The molecule has 0 heterocycles. The highest BCUT2D eigenvalue weighted by molar-refractivity contribution is 7.51. The smallest absolute Gasteiger partial charge is 0.339 e. The van der Waals surface area contributed by atoms with Crippen molar-refractivity contribution < 1.29 is 29.4 Å². The third kappa shape index (κ3) is 5.73. The summed E-state index contributed by atoms with van der Waals surface area (Å²) in [6.45, 7) is 1.21. The number of hydrogen-bond donors (Lipinski definition) is 5. The summed E-state index contributed by atoms with van der Waals surface area (Å²) in [7, 11) is -4.28. The van der Waals surface area contributed by atoms with Gasteiger partial charge in [0.05, 0.1) is 12.4 Å². The lowest BCUT2D eigenvalue weighted by molar-refractivity contribution is -0.142. The molecule has 0 amide bonds. The first-order chi connectivity index (χ1) is 5.74. The maximum Gasteiger partial charge on any atom is 0.339 e. The second-order valence-electron chi connectivity index (χ2n) is 2.58. The molecule has 8 heteroatoms. The van der Waals surface area contributed by atoms with Crippen LogP contribution in [0.25, 0.3) is 0 Å². The van der Waals surface area contributed by atoms with Crippen LogP contribution in [0.3, 0.4) is 0 Å². The number of aliphatic hydroxyl groups is 1. The standard InChI is InChI=1S/C5H12NO6P/c1-3(7)4(5(8)9)6-2-13(10,11)12/h3-4,6-7H,2H2,1H3,(H,8,9)(H2,10,11,12)/t3-,4-/m1/s1. The van der Waals surface area contributed by atoms with Crippen LogP contribution in [0.2, 0.25) is 0 Å². The fourth-order valence-electron chi connectivity index (χ4n) is 0.681. The van der Waals surface area contributed by atoms with E-state index >= 15 is 0 Å². The van der Waals surface area contributed by atoms with Crippen LogP contribution < -0.4 is 5.32 Å². The summed E-state index contributed by atoms with van der Waals surface area (Å²) in [5.41, 5.74) is 0. The summed E-state index contributed by atoms with van der Waals surface area (Å²) in [4.78, 5) is 27.2. The Morgan fingerprint density at radius 2 is 2.00 bits per heavy atom. The van der Waals surface area contributed by atoms with Gasteiger partial charge < -0.3 is 20.0 Å². The topological polar surface area (TPSA) is 127 Å². The van der Waals surface area contributed by atoms with Gasteiger partial charge in [0.2, 0.25) is 0 Å². The van der Waals surface area contributed by atoms with Crippen molar-refractivity contribution in [3.8, 4) is 0 Å². The molecule has 0 aromatic heterocycles. The van der Waals surface area contributed by atoms with Crippen molar-refractivity contribution in [2.75, 3.05) is 6.29 Å². The van der Waals surface area contributed by atoms with E-state index in [0.717, 1.165) is 0 Å². The Labute approximate surface area is 74.6 Å². The van der Waals surface area contributed by atoms with Crippen molar-refractivity contribution in [1.29, 1.82) is 0 Å². The predicted octanol–water partition coefficient (Wildman–Crippen LogP) is -1.45. The van der Waals surface area contributed by atoms with Crippen LogP contribution in [0.5, 0.6) is 0 Å². The van der Waals surface area contributed by atoms with E-state index in [1.807, 2.05) is 5.32 Å². The van der Waals surface area contributed by atoms with Crippen molar-refractivity contribution in [1.82, 2.24) is 5.32 Å². The Morgan fingerprint density at radius 3 is 2.23 bits per heavy atom. The molecule has 0 aromatic rings. The lowest BCUT2D eigenvalue weighted by Crippen LogP contribution is -2.45. The first-order valence-corrected chi connectivity index (χ1v) is 5.22. The van der Waals surface area contributed by atoms with Crippen molar-refractivity contribution in [2.24, 2.45) is 0 Å². The van der Waals surface area contributed by atoms with E-state index in [9.17, 15) is 9.36 Å². The molecule has 7 nitrogen and oxygen atoms in total. The molecule has 0 aromatic carbocycles. The molecule has 0 saturated heterocycles. The van der Waals surface area contributed by atoms with Gasteiger partial charge in [0.15, 0.2) is 0 Å². The molecular weight excluding hydrogens is 201 g/mol. The monoisotopic (exact) mass is 213 g/mol. The molecule has 13 heavy (non-hydrogen) atoms. The molecule has 0 rings (SSSR count). The van der Waals surface area contributed by atoms with Crippen LogP contribution >= 0.6 is 7.60 Å². The van der Waals surface area contributed by atoms with Gasteiger partial charge in [-0.15, -0.1) is 0 Å². The Kier molecular flexibility index (Phi) is 4.52. The van der Waals surface area contributed by atoms with E-state index in [1.54, 1.807) is 0 Å². The SMILES string of the molecule is C[C@@H](O)[C@@H](NCP(=O)(O)O)C(=O)O. The molecule has 0 unspecified atom stereocenters. The van der Waals surface area contributed by atoms with Crippen molar-refractivity contribution in [3.63, 3.8) is 0 Å². The number of carbonyl (C=O) groups is 1. The molecule has 5 N–H and O–H groups in total. The first-order valence-electron chi connectivity index (χ1n) is 3.43. The molecule has 0 saturated carbocycles. The van der Waals surface area contributed by atoms with Crippen LogP contribution in [-0.2, 0) is 9.36 Å². The van der Waals surface area contributed by atoms with E-state index in [2.05, 4.69) is 0 Å². The zero-order chi connectivity index (χ0) is 10.6. The summed E-state index contributed by atoms with van der Waals surface area (Å²) >= 11 is 0. The predicted molar refractivity (Wildman–Crippen MR) is 43.2 cm³/mol. The molecule has 0 aliphatic carbocycles. The Balaban J connectivity index is 4.14. The van der Waals surface area contributed by atoms with Crippen LogP contribution in [0.4, 0.5) is 0 Å². The van der Waals surface area contributed by atoms with E-state index < -0.39 is 32.0 Å². The highest BCUT2D eigenvalue weighted by Crippen LogP contribution is 2.32. The van der Waals surface area contributed by atoms with Gasteiger partial charge in [-0.05, 0) is 6.92 Å². The number of nitrogens with one attached hydrogen (secondary N) is 1. The zero-order valence-electron chi connectivity index (χ0n) is 6.91. The molecule has 2 atom stereocenters. The lowest BCUT2D eigenvalue weighted by Gasteiger charge is -2.16. The van der Waals surface area contributed by atoms with Gasteiger partial charge in [0, 0.05) is 0 Å². The fraction of sp³-hybridized carbons (Fsp3) is 0.800. The van der Waals surface area contributed by atoms with Gasteiger partial charge in [-0.3, -0.25) is 14.7 Å². The maximum atomic E-state index is 10.4. The minimum atomic E-state index is -4.28. The number of aliphatic hydroxyl groups excluding tert-OH is 1. The lowest BCUT2D eigenvalue weighted by atomic mass is 10.2. The normalized spacial score (nSPS) is 16.6. The minimum Gasteiger partial charge on any atom is -0.480 e. The van der Waals surface area contributed by atoms with Crippen LogP contribution in [-0.4, -0.2) is 44.4 Å². The second-order valence-corrected chi connectivity index (χ2v) is 4.23. The minimum absolute atomic E-state index is 0.769. The molecule has 0 aliphatic rings. The van der Waals surface area contributed by atoms with Gasteiger partial charge in [-0.1, -0.05) is 0 Å². The summed E-state index contributed by atoms with van der Waals surface area (Å²) in [5.74, 6) is -1.36. The second kappa shape index (κ2) is 4.69. The summed E-state index contributed by atoms with van der Waals surface area (Å²) in [6, 6.07) is -1.37. The van der Waals surface area contributed by atoms with Crippen LogP contribution in [0.15, 0.2) is 0 Å². The van der Waals surface area contributed by atoms with E-state index in [4.69, 9.17) is 20.0 Å². The summed E-state index contributed by atoms with van der Waals surface area (Å²) < 4.78 is 10.3. The quantitative estimate of drug-likeness (QED) is 0.353. The largest absolute Gasteiger partial charge is 0.480 e. The molecule has 78 valence electrons. The molecule has 0 radical (unpaired) electrons. The highest BCUT2D eigenvalue weighted by atomic mass is 31.2. The number of carboxylic acid groups (broad SMARTS) is 1. The number of carboxylic acids is 1. The first kappa shape index (κ1) is 12.5. The average molecular weight is 213 g/mol. The molecule has 0 spiro atoms. The third-order valence-electron chi connectivity index (χ3n) is 1.27. The van der Waals surface area contributed by atoms with E-state index in [0.29, 0.717) is 0 Å². The van der Waals surface area contributed by atoms with Crippen molar-refractivity contribution in [2.45, 2.75) is 19.1 Å². The van der Waals surface area contributed by atoms with Crippen molar-refractivity contribution in [3.05, 3.63) is 0 Å². The summed E-state index contributed by atoms with van der Waals surface area (Å²) in [6.07, 6.45) is -1.99. The number of rotatable bonds is 5. The van der Waals surface area contributed by atoms with Crippen LogP contribution in [0.1, 0.15) is 6.92 Å². The van der Waals surface area contributed by atoms with Gasteiger partial charge in [-0.25, -0.2) is 0 Å². The van der Waals surface area contributed by atoms with E-state index in [-0.39, 0.29) is 0 Å². The molecular formula is C5H12NO6P. The Morgan fingerprint density at radius 1 is 1.54 bits per heavy atom. The Bertz CT molecular complexity index is 223. The zero-order valence-corrected chi connectivity index (χ0v) is 7.81. The number of hydrogen-bond acceptors (Lipinski definition) is 4. The van der Waals surface area contributed by atoms with Gasteiger partial charge >= 0.3 is 13.6 Å². The highest BCUT2D eigenvalue weighted by Gasteiger charge is 2.25. The Hall–Kier alpha value is -0.460. The van der Waals surface area contributed by atoms with E-state index in [1.165, 1.54) is 6.92 Å². The van der Waals surface area contributed by atoms with Gasteiger partial charge in [0.1, 0.15) is 6.04 Å². The molecule has 0 fully saturated rings.